The van der Waals surface area contributed by atoms with E-state index in [0.29, 0.717) is 0 Å². The molecule has 0 fully saturated rings. The van der Waals surface area contributed by atoms with E-state index in [1.165, 1.54) is 40.4 Å². The zero-order valence-electron chi connectivity index (χ0n) is 14.2. The van der Waals surface area contributed by atoms with E-state index < -0.39 is 23.3 Å². The predicted octanol–water partition coefficient (Wildman–Crippen LogP) is 2.31. The molecule has 1 aromatic heterocycles. The van der Waals surface area contributed by atoms with Gasteiger partial charge in [0.25, 0.3) is 0 Å². The minimum atomic E-state index is -1.48. The highest BCUT2D eigenvalue weighted by Gasteiger charge is 2.45. The van der Waals surface area contributed by atoms with Crippen LogP contribution in [0.1, 0.15) is 55.1 Å². The van der Waals surface area contributed by atoms with E-state index in [1.54, 1.807) is 12.1 Å². The minimum absolute atomic E-state index is 0.0937. The summed E-state index contributed by atoms with van der Waals surface area (Å²) in [6, 6.07) is 6.35. The van der Waals surface area contributed by atoms with Crippen molar-refractivity contribution in [1.29, 1.82) is 0 Å². The quantitative estimate of drug-likeness (QED) is 0.530. The van der Waals surface area contributed by atoms with Crippen LogP contribution in [-0.2, 0) is 20.0 Å². The molecule has 130 valence electrons. The first-order chi connectivity index (χ1) is 11.9. The van der Waals surface area contributed by atoms with Crippen molar-refractivity contribution in [1.82, 2.24) is 0 Å². The Morgan fingerprint density at radius 3 is 2.08 bits per heavy atom. The van der Waals surface area contributed by atoms with Gasteiger partial charge in [0.1, 0.15) is 5.56 Å². The van der Waals surface area contributed by atoms with Gasteiger partial charge in [-0.15, -0.1) is 0 Å². The molecule has 0 spiro atoms. The summed E-state index contributed by atoms with van der Waals surface area (Å²) in [4.78, 5) is 38.0. The monoisotopic (exact) mass is 344 g/mol. The van der Waals surface area contributed by atoms with Crippen molar-refractivity contribution in [3.8, 4) is 0 Å². The lowest BCUT2D eigenvalue weighted by Crippen LogP contribution is -2.29. The van der Waals surface area contributed by atoms with Crippen molar-refractivity contribution < 1.29 is 33.0 Å². The fourth-order valence-corrected chi connectivity index (χ4v) is 2.83. The normalized spacial score (nSPS) is 13.4. The average molecular weight is 344 g/mol. The molecule has 0 amide bonds. The number of ether oxygens (including phenoxy) is 3. The minimum Gasteiger partial charge on any atom is -0.465 e. The summed E-state index contributed by atoms with van der Waals surface area (Å²) in [6.45, 7) is 1.51. The Balaban J connectivity index is 2.35. The Morgan fingerprint density at radius 2 is 1.56 bits per heavy atom. The highest BCUT2D eigenvalue weighted by molar-refractivity contribution is 6.29. The lowest BCUT2D eigenvalue weighted by atomic mass is 9.86. The Kier molecular flexibility index (Phi) is 4.06. The molecule has 1 heterocycles. The number of rotatable bonds is 4. The maximum absolute atomic E-state index is 12.9. The fraction of sp³-hybridized carbons (Fsp3) is 0.278. The molecule has 7 nitrogen and oxygen atoms in total. The van der Waals surface area contributed by atoms with Gasteiger partial charge in [-0.3, -0.25) is 9.59 Å². The molecule has 0 N–H and O–H groups in total. The largest absolute Gasteiger partial charge is 0.465 e. The number of furan rings is 1. The number of fused-ring (bicyclic) bond motifs is 2. The molecule has 0 aliphatic heterocycles. The summed E-state index contributed by atoms with van der Waals surface area (Å²) in [7, 11) is 3.88. The van der Waals surface area contributed by atoms with Crippen molar-refractivity contribution in [2.45, 2.75) is 12.7 Å². The molecule has 2 aromatic rings. The summed E-state index contributed by atoms with van der Waals surface area (Å²) < 4.78 is 21.0. The molecule has 0 unspecified atom stereocenters. The van der Waals surface area contributed by atoms with E-state index in [2.05, 4.69) is 0 Å². The van der Waals surface area contributed by atoms with Crippen LogP contribution < -0.4 is 0 Å². The molecule has 0 atom stereocenters. The van der Waals surface area contributed by atoms with Crippen molar-refractivity contribution in [3.63, 3.8) is 0 Å². The lowest BCUT2D eigenvalue weighted by molar-refractivity contribution is -0.213. The van der Waals surface area contributed by atoms with Crippen molar-refractivity contribution in [3.05, 3.63) is 58.0 Å². The summed E-state index contributed by atoms with van der Waals surface area (Å²) in [6.07, 6.45) is 0. The van der Waals surface area contributed by atoms with Gasteiger partial charge in [-0.25, -0.2) is 4.79 Å². The predicted molar refractivity (Wildman–Crippen MR) is 84.7 cm³/mol. The van der Waals surface area contributed by atoms with E-state index in [1.807, 2.05) is 0 Å². The summed E-state index contributed by atoms with van der Waals surface area (Å²) in [5.41, 5.74) is 0.115. The molecule has 0 radical (unpaired) electrons. The highest BCUT2D eigenvalue weighted by Crippen LogP contribution is 2.39. The van der Waals surface area contributed by atoms with Gasteiger partial charge in [0, 0.05) is 25.3 Å². The average Bonchev–Trinajstić information content (AvgIpc) is 3.06. The number of esters is 1. The third-order valence-electron chi connectivity index (χ3n) is 4.34. The zero-order chi connectivity index (χ0) is 18.4. The third kappa shape index (κ3) is 2.32. The van der Waals surface area contributed by atoms with E-state index in [9.17, 15) is 14.4 Å². The molecule has 0 bridgehead atoms. The molecule has 1 aliphatic rings. The lowest BCUT2D eigenvalue weighted by Gasteiger charge is -2.24. The van der Waals surface area contributed by atoms with Crippen LogP contribution in [0, 0.1) is 0 Å². The fourth-order valence-electron chi connectivity index (χ4n) is 2.83. The first kappa shape index (κ1) is 17.1. The van der Waals surface area contributed by atoms with Crippen LogP contribution in [0.2, 0.25) is 0 Å². The molecular weight excluding hydrogens is 328 g/mol. The number of carbonyl (C=O) groups excluding carboxylic acids is 3. The van der Waals surface area contributed by atoms with Crippen LogP contribution in [0.3, 0.4) is 0 Å². The maximum atomic E-state index is 12.9. The van der Waals surface area contributed by atoms with Gasteiger partial charge < -0.3 is 18.6 Å². The Morgan fingerprint density at radius 1 is 1.00 bits per heavy atom. The maximum Gasteiger partial charge on any atom is 0.342 e. The van der Waals surface area contributed by atoms with Gasteiger partial charge in [0.2, 0.25) is 11.6 Å². The first-order valence-corrected chi connectivity index (χ1v) is 7.44. The standard InChI is InChI=1S/C18H16O7/c1-18(23-3,24-4)16-12(17(21)22-2)11-13(19)9-7-5-6-8-10(9)14(20)15(11)25-16/h5-8H,1-4H3. The number of hydrogen-bond donors (Lipinski definition) is 0. The number of hydrogen-bond acceptors (Lipinski definition) is 7. The SMILES string of the molecule is COC(=O)c1c(C(C)(OC)OC)oc2c1C(=O)c1ccccc1C2=O. The molecule has 1 aromatic carbocycles. The molecular formula is C18H16O7. The van der Waals surface area contributed by atoms with Crippen LogP contribution in [0.25, 0.3) is 0 Å². The van der Waals surface area contributed by atoms with Crippen molar-refractivity contribution in [2.75, 3.05) is 21.3 Å². The summed E-state index contributed by atoms with van der Waals surface area (Å²) >= 11 is 0. The number of benzene rings is 1. The van der Waals surface area contributed by atoms with Gasteiger partial charge in [0.15, 0.2) is 17.3 Å². The van der Waals surface area contributed by atoms with Crippen LogP contribution in [0.4, 0.5) is 0 Å². The van der Waals surface area contributed by atoms with Crippen LogP contribution in [-0.4, -0.2) is 38.9 Å². The smallest absolute Gasteiger partial charge is 0.342 e. The molecule has 0 saturated carbocycles. The Hall–Kier alpha value is -2.77. The molecule has 3 rings (SSSR count). The zero-order valence-corrected chi connectivity index (χ0v) is 14.2. The van der Waals surface area contributed by atoms with Crippen LogP contribution in [0.15, 0.2) is 28.7 Å². The van der Waals surface area contributed by atoms with Gasteiger partial charge >= 0.3 is 5.97 Å². The topological polar surface area (TPSA) is 92.0 Å². The Labute approximate surface area is 143 Å². The third-order valence-corrected chi connectivity index (χ3v) is 4.34. The van der Waals surface area contributed by atoms with Crippen LogP contribution in [0.5, 0.6) is 0 Å². The second-order valence-electron chi connectivity index (χ2n) is 5.56. The molecule has 25 heavy (non-hydrogen) atoms. The number of methoxy groups -OCH3 is 3. The van der Waals surface area contributed by atoms with E-state index in [0.717, 1.165) is 0 Å². The first-order valence-electron chi connectivity index (χ1n) is 7.44. The van der Waals surface area contributed by atoms with Crippen molar-refractivity contribution >= 4 is 17.5 Å². The van der Waals surface area contributed by atoms with Crippen molar-refractivity contribution in [2.24, 2.45) is 0 Å². The second-order valence-corrected chi connectivity index (χ2v) is 5.56. The summed E-state index contributed by atoms with van der Waals surface area (Å²) in [5, 5.41) is 0. The number of carbonyl (C=O) groups is 3. The van der Waals surface area contributed by atoms with Crippen LogP contribution >= 0.6 is 0 Å². The van der Waals surface area contributed by atoms with E-state index in [-0.39, 0.29) is 33.8 Å². The molecule has 0 saturated heterocycles. The van der Waals surface area contributed by atoms with Gasteiger partial charge in [-0.1, -0.05) is 24.3 Å². The second kappa shape index (κ2) is 5.94. The van der Waals surface area contributed by atoms with Gasteiger partial charge in [-0.05, 0) is 6.92 Å². The van der Waals surface area contributed by atoms with E-state index in [4.69, 9.17) is 18.6 Å². The summed E-state index contributed by atoms with van der Waals surface area (Å²) in [5.74, 6) is -3.59. The highest BCUT2D eigenvalue weighted by atomic mass is 16.7. The van der Waals surface area contributed by atoms with Gasteiger partial charge in [0.05, 0.1) is 12.7 Å². The number of ketones is 2. The molecule has 1 aliphatic carbocycles. The van der Waals surface area contributed by atoms with E-state index >= 15 is 0 Å². The molecule has 7 heteroatoms. The van der Waals surface area contributed by atoms with Gasteiger partial charge in [-0.2, -0.15) is 0 Å². The Bertz CT molecular complexity index is 887.